The third-order valence-electron chi connectivity index (χ3n) is 9.50. The van der Waals surface area contributed by atoms with Crippen molar-refractivity contribution >= 4 is 44.1 Å². The van der Waals surface area contributed by atoms with E-state index < -0.39 is 46.3 Å². The van der Waals surface area contributed by atoms with Crippen molar-refractivity contribution in [2.24, 2.45) is 0 Å². The lowest BCUT2D eigenvalue weighted by Crippen LogP contribution is -2.55. The molecule has 1 amide bonds. The molecule has 244 valence electrons. The predicted octanol–water partition coefficient (Wildman–Crippen LogP) is 6.30. The van der Waals surface area contributed by atoms with Crippen LogP contribution in [0, 0.1) is 28.1 Å². The Morgan fingerprint density at radius 2 is 1.91 bits per heavy atom. The Kier molecular flexibility index (Phi) is 8.00. The van der Waals surface area contributed by atoms with E-state index in [-0.39, 0.29) is 71.2 Å². The van der Waals surface area contributed by atoms with Gasteiger partial charge < -0.3 is 14.5 Å². The second-order valence-electron chi connectivity index (χ2n) is 12.3. The van der Waals surface area contributed by atoms with Gasteiger partial charge in [0.1, 0.15) is 24.1 Å². The first-order chi connectivity index (χ1) is 22.6. The van der Waals surface area contributed by atoms with Crippen molar-refractivity contribution in [1.82, 2.24) is 19.8 Å². The SMILES string of the molecule is C=C(F)C(=O)N1CCN(c2nc(OC[C@@]34CCCN3C[C@H](F)C4)nc3c(F)c(-c4cccc5c(F)c(F)sc45)ccc23)C[C@@H]1CC#N. The van der Waals surface area contributed by atoms with Gasteiger partial charge in [-0.1, -0.05) is 30.8 Å². The van der Waals surface area contributed by atoms with Gasteiger partial charge in [-0.3, -0.25) is 9.69 Å². The molecule has 0 radical (unpaired) electrons. The molecule has 0 spiro atoms. The van der Waals surface area contributed by atoms with Crippen molar-refractivity contribution in [2.75, 3.05) is 44.2 Å². The number of aromatic nitrogens is 2. The van der Waals surface area contributed by atoms with Crippen molar-refractivity contribution in [2.45, 2.75) is 43.4 Å². The zero-order valence-electron chi connectivity index (χ0n) is 25.1. The lowest BCUT2D eigenvalue weighted by molar-refractivity contribution is -0.131. The summed E-state index contributed by atoms with van der Waals surface area (Å²) < 4.78 is 80.0. The molecule has 4 aromatic rings. The molecule has 0 bridgehead atoms. The predicted molar refractivity (Wildman–Crippen MR) is 167 cm³/mol. The third kappa shape index (κ3) is 5.35. The summed E-state index contributed by atoms with van der Waals surface area (Å²) in [4.78, 5) is 26.7. The number of carbonyl (C=O) groups is 1. The van der Waals surface area contributed by atoms with E-state index in [0.717, 1.165) is 19.4 Å². The number of fused-ring (bicyclic) bond motifs is 3. The lowest BCUT2D eigenvalue weighted by atomic mass is 9.95. The number of piperazine rings is 1. The van der Waals surface area contributed by atoms with Crippen molar-refractivity contribution in [3.8, 4) is 23.2 Å². The molecule has 2 aromatic carbocycles. The number of hydrogen-bond donors (Lipinski definition) is 0. The minimum Gasteiger partial charge on any atom is -0.461 e. The highest BCUT2D eigenvalue weighted by molar-refractivity contribution is 7.18. The van der Waals surface area contributed by atoms with E-state index >= 15 is 4.39 Å². The molecule has 2 aromatic heterocycles. The number of carbonyl (C=O) groups excluding carboxylic acids is 1. The summed E-state index contributed by atoms with van der Waals surface area (Å²) in [5.74, 6) is -3.54. The van der Waals surface area contributed by atoms with Crippen LogP contribution in [0.5, 0.6) is 6.01 Å². The smallest absolute Gasteiger partial charge is 0.319 e. The number of ether oxygens (including phenoxy) is 1. The van der Waals surface area contributed by atoms with Crippen LogP contribution in [0.15, 0.2) is 42.7 Å². The summed E-state index contributed by atoms with van der Waals surface area (Å²) in [5.41, 5.74) is -0.291. The molecule has 3 atom stereocenters. The molecule has 0 aliphatic carbocycles. The summed E-state index contributed by atoms with van der Waals surface area (Å²) >= 11 is 0.582. The quantitative estimate of drug-likeness (QED) is 0.169. The molecule has 14 heteroatoms. The number of anilines is 1. The lowest BCUT2D eigenvalue weighted by Gasteiger charge is -2.41. The van der Waals surface area contributed by atoms with Crippen LogP contribution in [0.4, 0.5) is 27.8 Å². The number of rotatable bonds is 7. The van der Waals surface area contributed by atoms with Gasteiger partial charge in [-0.15, -0.1) is 11.3 Å². The molecule has 0 N–H and O–H groups in total. The number of nitrogens with zero attached hydrogens (tertiary/aromatic N) is 6. The van der Waals surface area contributed by atoms with Crippen LogP contribution in [-0.2, 0) is 4.79 Å². The molecule has 3 aliphatic rings. The maximum absolute atomic E-state index is 16.6. The van der Waals surface area contributed by atoms with E-state index in [2.05, 4.69) is 21.4 Å². The van der Waals surface area contributed by atoms with E-state index in [9.17, 15) is 27.6 Å². The Balaban J connectivity index is 1.32. The van der Waals surface area contributed by atoms with Crippen molar-refractivity contribution in [3.05, 3.63) is 59.5 Å². The molecule has 8 nitrogen and oxygen atoms in total. The number of benzene rings is 2. The Labute approximate surface area is 270 Å². The highest BCUT2D eigenvalue weighted by atomic mass is 32.1. The van der Waals surface area contributed by atoms with Gasteiger partial charge in [0.2, 0.25) is 5.13 Å². The highest BCUT2D eigenvalue weighted by Crippen LogP contribution is 2.42. The van der Waals surface area contributed by atoms with E-state index in [4.69, 9.17) is 4.74 Å². The fourth-order valence-electron chi connectivity index (χ4n) is 7.31. The second-order valence-corrected chi connectivity index (χ2v) is 13.2. The van der Waals surface area contributed by atoms with Crippen LogP contribution >= 0.6 is 11.3 Å². The van der Waals surface area contributed by atoms with Gasteiger partial charge in [-0.05, 0) is 25.5 Å². The van der Waals surface area contributed by atoms with Crippen molar-refractivity contribution in [3.63, 3.8) is 0 Å². The molecule has 3 saturated heterocycles. The van der Waals surface area contributed by atoms with E-state index in [1.165, 1.54) is 23.1 Å². The van der Waals surface area contributed by atoms with Gasteiger partial charge in [0.15, 0.2) is 17.5 Å². The maximum Gasteiger partial charge on any atom is 0.319 e. The zero-order valence-corrected chi connectivity index (χ0v) is 25.9. The van der Waals surface area contributed by atoms with Gasteiger partial charge in [0.05, 0.1) is 24.1 Å². The minimum absolute atomic E-state index is 0.0342. The number of nitriles is 1. The Bertz CT molecular complexity index is 1970. The average Bonchev–Trinajstić information content (AvgIpc) is 3.68. The van der Waals surface area contributed by atoms with Gasteiger partial charge >= 0.3 is 6.01 Å². The van der Waals surface area contributed by atoms with E-state index in [1.54, 1.807) is 17.0 Å². The molecule has 7 rings (SSSR count). The molecule has 3 fully saturated rings. The van der Waals surface area contributed by atoms with Crippen LogP contribution in [0.2, 0.25) is 0 Å². The number of thiophene rings is 1. The van der Waals surface area contributed by atoms with Gasteiger partial charge in [0, 0.05) is 59.2 Å². The molecular weight excluding hydrogens is 639 g/mol. The van der Waals surface area contributed by atoms with Crippen LogP contribution in [0.3, 0.4) is 0 Å². The van der Waals surface area contributed by atoms with Gasteiger partial charge in [0.25, 0.3) is 5.91 Å². The summed E-state index contributed by atoms with van der Waals surface area (Å²) in [6.07, 6.45) is 0.840. The highest BCUT2D eigenvalue weighted by Gasteiger charge is 2.49. The molecule has 47 heavy (non-hydrogen) atoms. The first-order valence-electron chi connectivity index (χ1n) is 15.3. The van der Waals surface area contributed by atoms with E-state index in [0.29, 0.717) is 29.7 Å². The molecule has 3 aliphatic heterocycles. The van der Waals surface area contributed by atoms with Crippen LogP contribution in [0.1, 0.15) is 25.7 Å². The first-order valence-corrected chi connectivity index (χ1v) is 16.1. The Morgan fingerprint density at radius 3 is 2.70 bits per heavy atom. The number of hydrogen-bond acceptors (Lipinski definition) is 8. The normalized spacial score (nSPS) is 23.0. The zero-order chi connectivity index (χ0) is 33.0. The molecular formula is C33H29F5N6O2S. The molecule has 0 unspecified atom stereocenters. The number of amides is 1. The average molecular weight is 669 g/mol. The Hall–Kier alpha value is -4.35. The monoisotopic (exact) mass is 668 g/mol. The Morgan fingerprint density at radius 1 is 1.09 bits per heavy atom. The van der Waals surface area contributed by atoms with Gasteiger partial charge in [-0.25, -0.2) is 17.6 Å². The fraction of sp³-hybridized carbons (Fsp3) is 0.394. The standard InChI is InChI=1S/C33H29F5N6O2S/c1-18(34)31(45)44-13-12-42(16-20(44)8-10-39)30-24-7-6-21(22-4-2-5-23-26(37)29(38)47-28(22)23)25(36)27(24)40-32(41-30)46-17-33-9-3-11-43(33)15-19(35)14-33/h2,4-7,19-20H,1,3,8-9,11-17H2/t19-,20+,33+/m1/s1. The second kappa shape index (κ2) is 12.0. The fourth-order valence-corrected chi connectivity index (χ4v) is 8.24. The van der Waals surface area contributed by atoms with Crippen LogP contribution in [0.25, 0.3) is 32.1 Å². The van der Waals surface area contributed by atoms with Crippen molar-refractivity contribution < 1.29 is 31.5 Å². The first kappa shape index (κ1) is 31.3. The summed E-state index contributed by atoms with van der Waals surface area (Å²) in [6.45, 7) is 4.55. The minimum atomic E-state index is -1.14. The van der Waals surface area contributed by atoms with Crippen molar-refractivity contribution in [1.29, 1.82) is 5.26 Å². The summed E-state index contributed by atoms with van der Waals surface area (Å²) in [5, 5.41) is 8.80. The van der Waals surface area contributed by atoms with Crippen LogP contribution < -0.4 is 9.64 Å². The van der Waals surface area contributed by atoms with E-state index in [1.807, 2.05) is 6.07 Å². The maximum atomic E-state index is 16.6. The summed E-state index contributed by atoms with van der Waals surface area (Å²) in [7, 11) is 0. The molecule has 0 saturated carbocycles. The summed E-state index contributed by atoms with van der Waals surface area (Å²) in [6, 6.07) is 8.79. The van der Waals surface area contributed by atoms with Gasteiger partial charge in [-0.2, -0.15) is 19.6 Å². The molecule has 5 heterocycles. The van der Waals surface area contributed by atoms with Crippen LogP contribution in [-0.4, -0.2) is 82.8 Å². The number of alkyl halides is 1. The number of halogens is 5. The third-order valence-corrected chi connectivity index (χ3v) is 10.5. The largest absolute Gasteiger partial charge is 0.461 e. The topological polar surface area (TPSA) is 85.6 Å².